The zero-order valence-electron chi connectivity index (χ0n) is 12.9. The fraction of sp³-hybridized carbons (Fsp3) is 0.176. The molecule has 25 heavy (non-hydrogen) atoms. The van der Waals surface area contributed by atoms with E-state index in [1.807, 2.05) is 0 Å². The second-order valence-corrected chi connectivity index (χ2v) is 5.48. The van der Waals surface area contributed by atoms with Crippen LogP contribution in [-0.4, -0.2) is 29.8 Å². The number of hydrogen-bond acceptors (Lipinski definition) is 3. The van der Waals surface area contributed by atoms with Gasteiger partial charge >= 0.3 is 6.09 Å². The number of nitrogens with one attached hydrogen (secondary N) is 1. The average Bonchev–Trinajstić information content (AvgIpc) is 2.66. The third-order valence-electron chi connectivity index (χ3n) is 3.69. The van der Waals surface area contributed by atoms with Gasteiger partial charge in [0.25, 0.3) is 5.91 Å². The molecule has 0 saturated heterocycles. The van der Waals surface area contributed by atoms with Crippen LogP contribution < -0.4 is 15.0 Å². The largest absolute Gasteiger partial charge is 0.489 e. The molecule has 3 rings (SSSR count). The smallest absolute Gasteiger partial charge is 0.405 e. The molecule has 2 aromatic carbocycles. The molecule has 0 aromatic heterocycles. The first kappa shape index (κ1) is 16.7. The molecule has 1 heterocycles. The van der Waals surface area contributed by atoms with Crippen molar-refractivity contribution in [2.45, 2.75) is 12.6 Å². The first-order chi connectivity index (χ1) is 11.9. The van der Waals surface area contributed by atoms with Crippen LogP contribution in [-0.2, 0) is 11.3 Å². The Kier molecular flexibility index (Phi) is 4.51. The molecule has 0 fully saturated rings. The minimum absolute atomic E-state index is 0.133. The van der Waals surface area contributed by atoms with E-state index in [0.29, 0.717) is 11.4 Å². The average molecular weight is 348 g/mol. The molecule has 0 radical (unpaired) electrons. The van der Waals surface area contributed by atoms with Crippen molar-refractivity contribution in [3.05, 3.63) is 59.7 Å². The molecule has 2 amide bonds. The Balaban J connectivity index is 1.99. The highest BCUT2D eigenvalue weighted by Gasteiger charge is 2.32. The molecule has 0 saturated carbocycles. The van der Waals surface area contributed by atoms with Crippen molar-refractivity contribution in [2.24, 2.45) is 0 Å². The number of anilines is 1. The van der Waals surface area contributed by atoms with Crippen LogP contribution in [0.1, 0.15) is 5.56 Å². The second-order valence-electron chi connectivity index (χ2n) is 5.48. The van der Waals surface area contributed by atoms with Crippen LogP contribution in [0.4, 0.5) is 19.3 Å². The van der Waals surface area contributed by atoms with Crippen molar-refractivity contribution in [2.75, 3.05) is 11.5 Å². The maximum absolute atomic E-state index is 13.4. The second kappa shape index (κ2) is 6.76. The molecule has 130 valence electrons. The number of fused-ring (bicyclic) bond motifs is 1. The lowest BCUT2D eigenvalue weighted by Gasteiger charge is -2.24. The van der Waals surface area contributed by atoms with Crippen LogP contribution in [0.15, 0.2) is 42.5 Å². The molecule has 1 aliphatic heterocycles. The van der Waals surface area contributed by atoms with Crippen molar-refractivity contribution < 1.29 is 28.2 Å². The summed E-state index contributed by atoms with van der Waals surface area (Å²) in [6.45, 7) is -0.318. The third kappa shape index (κ3) is 3.68. The lowest BCUT2D eigenvalue weighted by Crippen LogP contribution is -2.49. The molecule has 0 aliphatic carbocycles. The van der Waals surface area contributed by atoms with E-state index < -0.39 is 29.7 Å². The molecule has 1 atom stereocenters. The third-order valence-corrected chi connectivity index (χ3v) is 3.69. The highest BCUT2D eigenvalue weighted by Crippen LogP contribution is 2.32. The summed E-state index contributed by atoms with van der Waals surface area (Å²) in [6, 6.07) is 8.46. The zero-order valence-corrected chi connectivity index (χ0v) is 12.9. The minimum atomic E-state index is -1.37. The first-order valence-electron chi connectivity index (χ1n) is 7.41. The van der Waals surface area contributed by atoms with Crippen molar-refractivity contribution in [3.63, 3.8) is 0 Å². The molecular weight excluding hydrogens is 334 g/mol. The van der Waals surface area contributed by atoms with Gasteiger partial charge in [0.2, 0.25) is 0 Å². The number of para-hydroxylation sites is 2. The van der Waals surface area contributed by atoms with Gasteiger partial charge in [-0.2, -0.15) is 0 Å². The summed E-state index contributed by atoms with van der Waals surface area (Å²) in [4.78, 5) is 24.9. The Morgan fingerprint density at radius 3 is 2.60 bits per heavy atom. The Labute approximate surface area is 141 Å². The lowest BCUT2D eigenvalue weighted by atomic mass is 10.1. The Bertz CT molecular complexity index is 808. The van der Waals surface area contributed by atoms with Crippen LogP contribution >= 0.6 is 0 Å². The Hall–Kier alpha value is -3.16. The van der Waals surface area contributed by atoms with Crippen LogP contribution in [0, 0.1) is 11.6 Å². The molecule has 0 unspecified atom stereocenters. The number of benzene rings is 2. The van der Waals surface area contributed by atoms with Gasteiger partial charge in [0.1, 0.15) is 30.0 Å². The van der Waals surface area contributed by atoms with Gasteiger partial charge in [0.15, 0.2) is 0 Å². The maximum atomic E-state index is 13.4. The predicted molar refractivity (Wildman–Crippen MR) is 84.4 cm³/mol. The number of carbonyl (C=O) groups is 2. The molecular formula is C17H14F2N2O4. The van der Waals surface area contributed by atoms with Crippen LogP contribution in [0.25, 0.3) is 0 Å². The zero-order chi connectivity index (χ0) is 18.0. The summed E-state index contributed by atoms with van der Waals surface area (Å²) in [7, 11) is 0. The van der Waals surface area contributed by atoms with Gasteiger partial charge in [-0.3, -0.25) is 4.79 Å². The molecule has 0 bridgehead atoms. The van der Waals surface area contributed by atoms with Gasteiger partial charge in [-0.05, 0) is 29.8 Å². The minimum Gasteiger partial charge on any atom is -0.489 e. The normalized spacial score (nSPS) is 16.6. The molecule has 1 aliphatic rings. The first-order valence-corrected chi connectivity index (χ1v) is 7.41. The topological polar surface area (TPSA) is 78.9 Å². The highest BCUT2D eigenvalue weighted by atomic mass is 19.1. The van der Waals surface area contributed by atoms with Gasteiger partial charge in [0.05, 0.1) is 12.2 Å². The van der Waals surface area contributed by atoms with Crippen molar-refractivity contribution in [1.29, 1.82) is 0 Å². The van der Waals surface area contributed by atoms with E-state index >= 15 is 0 Å². The molecule has 2 aromatic rings. The van der Waals surface area contributed by atoms with E-state index in [-0.39, 0.29) is 18.7 Å². The molecule has 8 heteroatoms. The highest BCUT2D eigenvalue weighted by molar-refractivity contribution is 6.00. The number of rotatable bonds is 3. The van der Waals surface area contributed by atoms with E-state index in [1.165, 1.54) is 4.90 Å². The van der Waals surface area contributed by atoms with Gasteiger partial charge < -0.3 is 20.1 Å². The Morgan fingerprint density at radius 1 is 1.24 bits per heavy atom. The van der Waals surface area contributed by atoms with E-state index in [9.17, 15) is 18.4 Å². The SMILES string of the molecule is O=C(O)N[C@H]1COc2ccccc2N(Cc2cc(F)cc(F)c2)C1=O. The van der Waals surface area contributed by atoms with Crippen molar-refractivity contribution >= 4 is 17.7 Å². The number of nitrogens with zero attached hydrogens (tertiary/aromatic N) is 1. The van der Waals surface area contributed by atoms with Crippen LogP contribution in [0.2, 0.25) is 0 Å². The van der Waals surface area contributed by atoms with Gasteiger partial charge in [0, 0.05) is 6.07 Å². The fourth-order valence-corrected chi connectivity index (χ4v) is 2.65. The van der Waals surface area contributed by atoms with Crippen molar-refractivity contribution in [3.8, 4) is 5.75 Å². The summed E-state index contributed by atoms with van der Waals surface area (Å²) in [5, 5.41) is 11.0. The van der Waals surface area contributed by atoms with Gasteiger partial charge in [-0.25, -0.2) is 13.6 Å². The standard InChI is InChI=1S/C17H14F2N2O4/c18-11-5-10(6-12(19)7-11)8-21-14-3-1-2-4-15(14)25-9-13(16(21)22)20-17(23)24/h1-7,13,20H,8-9H2,(H,23,24)/t13-/m0/s1. The number of halogens is 2. The van der Waals surface area contributed by atoms with E-state index in [4.69, 9.17) is 9.84 Å². The summed E-state index contributed by atoms with van der Waals surface area (Å²) < 4.78 is 32.4. The Morgan fingerprint density at radius 2 is 1.92 bits per heavy atom. The predicted octanol–water partition coefficient (Wildman–Crippen LogP) is 2.53. The number of carboxylic acid groups (broad SMARTS) is 1. The fourth-order valence-electron chi connectivity index (χ4n) is 2.65. The van der Waals surface area contributed by atoms with Crippen LogP contribution in [0.3, 0.4) is 0 Å². The lowest BCUT2D eigenvalue weighted by molar-refractivity contribution is -0.121. The number of amides is 2. The van der Waals surface area contributed by atoms with Gasteiger partial charge in [-0.1, -0.05) is 12.1 Å². The molecule has 0 spiro atoms. The summed E-state index contributed by atoms with van der Waals surface area (Å²) in [5.74, 6) is -1.72. The summed E-state index contributed by atoms with van der Waals surface area (Å²) in [5.41, 5.74) is 0.628. The number of ether oxygens (including phenoxy) is 1. The van der Waals surface area contributed by atoms with E-state index in [1.54, 1.807) is 24.3 Å². The molecule has 2 N–H and O–H groups in total. The van der Waals surface area contributed by atoms with Crippen molar-refractivity contribution in [1.82, 2.24) is 5.32 Å². The summed E-state index contributed by atoms with van der Waals surface area (Å²) in [6.07, 6.45) is -1.37. The number of carbonyl (C=O) groups excluding carboxylic acids is 1. The van der Waals surface area contributed by atoms with Gasteiger partial charge in [-0.15, -0.1) is 0 Å². The number of hydrogen-bond donors (Lipinski definition) is 2. The summed E-state index contributed by atoms with van der Waals surface area (Å²) >= 11 is 0. The monoisotopic (exact) mass is 348 g/mol. The van der Waals surface area contributed by atoms with E-state index in [2.05, 4.69) is 5.32 Å². The molecule has 6 nitrogen and oxygen atoms in total. The van der Waals surface area contributed by atoms with Crippen LogP contribution in [0.5, 0.6) is 5.75 Å². The van der Waals surface area contributed by atoms with E-state index in [0.717, 1.165) is 18.2 Å². The maximum Gasteiger partial charge on any atom is 0.405 e. The quantitative estimate of drug-likeness (QED) is 0.893.